The molecule has 1 aromatic rings. The van der Waals surface area contributed by atoms with Crippen LogP contribution in [-0.2, 0) is 9.53 Å². The number of hydrogen-bond acceptors (Lipinski definition) is 5. The van der Waals surface area contributed by atoms with Gasteiger partial charge in [0.25, 0.3) is 0 Å². The summed E-state index contributed by atoms with van der Waals surface area (Å²) in [4.78, 5) is 27.4. The van der Waals surface area contributed by atoms with E-state index in [1.165, 1.54) is 18.2 Å². The van der Waals surface area contributed by atoms with Crippen LogP contribution in [0.15, 0.2) is 41.3 Å². The van der Waals surface area contributed by atoms with Gasteiger partial charge in [0.15, 0.2) is 11.6 Å². The number of carbonyl (C=O) groups excluding carboxylic acids is 2. The van der Waals surface area contributed by atoms with Crippen LogP contribution in [0, 0.1) is 0 Å². The molecular formula is C20H25NO3S. The van der Waals surface area contributed by atoms with Gasteiger partial charge in [-0.3, -0.25) is 9.59 Å². The predicted molar refractivity (Wildman–Crippen MR) is 101 cm³/mol. The fraction of sp³-hybridized carbons (Fsp3) is 0.500. The van der Waals surface area contributed by atoms with Crippen molar-refractivity contribution in [3.63, 3.8) is 0 Å². The van der Waals surface area contributed by atoms with Gasteiger partial charge in [0, 0.05) is 37.1 Å². The molecule has 2 heterocycles. The number of hydrogen-bond donors (Lipinski definition) is 0. The molecule has 0 amide bonds. The van der Waals surface area contributed by atoms with E-state index < -0.39 is 0 Å². The molecule has 0 bridgehead atoms. The Kier molecular flexibility index (Phi) is 6.10. The van der Waals surface area contributed by atoms with E-state index >= 15 is 0 Å². The first-order valence-corrected chi connectivity index (χ1v) is 9.74. The van der Waals surface area contributed by atoms with Crippen molar-refractivity contribution in [2.45, 2.75) is 43.1 Å². The van der Waals surface area contributed by atoms with Crippen LogP contribution in [0.25, 0.3) is 0 Å². The Bertz CT molecular complexity index is 658. The van der Waals surface area contributed by atoms with Gasteiger partial charge < -0.3 is 9.64 Å². The van der Waals surface area contributed by atoms with E-state index in [4.69, 9.17) is 4.74 Å². The second-order valence-electron chi connectivity index (χ2n) is 6.79. The molecule has 3 unspecified atom stereocenters. The molecule has 3 rings (SSSR count). The van der Waals surface area contributed by atoms with Crippen LogP contribution >= 0.6 is 11.8 Å². The molecule has 134 valence electrons. The van der Waals surface area contributed by atoms with Crippen molar-refractivity contribution >= 4 is 23.3 Å². The van der Waals surface area contributed by atoms with Gasteiger partial charge in [-0.05, 0) is 31.8 Å². The van der Waals surface area contributed by atoms with Crippen LogP contribution in [0.1, 0.15) is 36.0 Å². The van der Waals surface area contributed by atoms with E-state index in [1.54, 1.807) is 19.2 Å². The summed E-state index contributed by atoms with van der Waals surface area (Å²) in [7, 11) is 3.84. The van der Waals surface area contributed by atoms with E-state index in [-0.39, 0.29) is 29.3 Å². The van der Waals surface area contributed by atoms with Gasteiger partial charge >= 0.3 is 0 Å². The number of Topliss-reactive ketones (excluding diaryl/α,β-unsaturated/α-hetero) is 2. The minimum absolute atomic E-state index is 0.0277. The molecule has 0 spiro atoms. The van der Waals surface area contributed by atoms with Crippen LogP contribution in [-0.4, -0.2) is 54.6 Å². The summed E-state index contributed by atoms with van der Waals surface area (Å²) < 4.78 is 5.69. The van der Waals surface area contributed by atoms with Crippen molar-refractivity contribution in [2.75, 3.05) is 20.7 Å². The molecule has 0 saturated carbocycles. The Hall–Kier alpha value is -1.43. The second-order valence-corrected chi connectivity index (χ2v) is 7.87. The van der Waals surface area contributed by atoms with E-state index in [0.29, 0.717) is 18.0 Å². The van der Waals surface area contributed by atoms with Crippen LogP contribution in [0.2, 0.25) is 0 Å². The van der Waals surface area contributed by atoms with Gasteiger partial charge in [-0.1, -0.05) is 30.3 Å². The number of nitrogens with zero attached hydrogens (tertiary/aromatic N) is 1. The zero-order chi connectivity index (χ0) is 17.8. The summed E-state index contributed by atoms with van der Waals surface area (Å²) >= 11 is 1.48. The Morgan fingerprint density at radius 3 is 2.76 bits per heavy atom. The van der Waals surface area contributed by atoms with Crippen molar-refractivity contribution in [3.05, 3.63) is 46.9 Å². The number of methoxy groups -OCH3 is 1. The van der Waals surface area contributed by atoms with Gasteiger partial charge in [0.1, 0.15) is 0 Å². The zero-order valence-corrected chi connectivity index (χ0v) is 15.6. The monoisotopic (exact) mass is 359 g/mol. The maximum atomic E-state index is 12.7. The summed E-state index contributed by atoms with van der Waals surface area (Å²) in [5, 5.41) is 1.65. The van der Waals surface area contributed by atoms with Gasteiger partial charge in [-0.2, -0.15) is 0 Å². The summed E-state index contributed by atoms with van der Waals surface area (Å²) in [6.45, 7) is 1.08. The average molecular weight is 359 g/mol. The summed E-state index contributed by atoms with van der Waals surface area (Å²) in [6.07, 6.45) is 3.21. The molecule has 0 N–H and O–H groups in total. The van der Waals surface area contributed by atoms with Gasteiger partial charge in [0.05, 0.1) is 11.4 Å². The first kappa shape index (κ1) is 18.4. The zero-order valence-electron chi connectivity index (χ0n) is 14.8. The second kappa shape index (κ2) is 8.30. The standard InChI is InChI=1S/C20H25NO3S/c1-21-10-6-9-16(21)18(24-2)11-15-13-25-19(20(15)23)12-17(22)14-7-4-3-5-8-14/h3-5,7-8,13,16,18-19H,6,9-12H2,1-2H3. The lowest BCUT2D eigenvalue weighted by molar-refractivity contribution is -0.115. The fourth-order valence-corrected chi connectivity index (χ4v) is 4.75. The highest BCUT2D eigenvalue weighted by atomic mass is 32.2. The van der Waals surface area contributed by atoms with Crippen molar-refractivity contribution < 1.29 is 14.3 Å². The number of ether oxygens (including phenoxy) is 1. The highest BCUT2D eigenvalue weighted by Gasteiger charge is 2.35. The Labute approximate surface area is 153 Å². The molecule has 0 radical (unpaired) electrons. The van der Waals surface area contributed by atoms with E-state index in [1.807, 2.05) is 23.6 Å². The molecule has 0 aliphatic carbocycles. The van der Waals surface area contributed by atoms with Gasteiger partial charge in [0.2, 0.25) is 0 Å². The number of carbonyl (C=O) groups is 2. The predicted octanol–water partition coefficient (Wildman–Crippen LogP) is 3.33. The minimum atomic E-state index is -0.290. The van der Waals surface area contributed by atoms with E-state index in [0.717, 1.165) is 18.5 Å². The third-order valence-corrected chi connectivity index (χ3v) is 6.31. The number of likely N-dealkylation sites (tertiary alicyclic amines) is 1. The summed E-state index contributed by atoms with van der Waals surface area (Å²) in [5.41, 5.74) is 1.48. The molecule has 1 fully saturated rings. The van der Waals surface area contributed by atoms with Crippen molar-refractivity contribution in [1.82, 2.24) is 4.90 Å². The van der Waals surface area contributed by atoms with E-state index in [2.05, 4.69) is 11.9 Å². The lowest BCUT2D eigenvalue weighted by Gasteiger charge is -2.28. The van der Waals surface area contributed by atoms with Crippen molar-refractivity contribution in [2.24, 2.45) is 0 Å². The lowest BCUT2D eigenvalue weighted by atomic mass is 9.95. The number of thioether (sulfide) groups is 1. The van der Waals surface area contributed by atoms with Gasteiger partial charge in [-0.25, -0.2) is 0 Å². The van der Waals surface area contributed by atoms with Crippen molar-refractivity contribution in [1.29, 1.82) is 0 Å². The smallest absolute Gasteiger partial charge is 0.173 e. The number of rotatable bonds is 7. The number of benzene rings is 1. The normalized spacial score (nSPS) is 25.2. The highest BCUT2D eigenvalue weighted by molar-refractivity contribution is 8.04. The highest BCUT2D eigenvalue weighted by Crippen LogP contribution is 2.34. The van der Waals surface area contributed by atoms with Gasteiger partial charge in [-0.15, -0.1) is 11.8 Å². The average Bonchev–Trinajstić information content (AvgIpc) is 3.20. The summed E-state index contributed by atoms with van der Waals surface area (Å²) in [5.74, 6) is 0.122. The Morgan fingerprint density at radius 1 is 1.36 bits per heavy atom. The van der Waals surface area contributed by atoms with Crippen LogP contribution in [0.3, 0.4) is 0 Å². The Balaban J connectivity index is 1.58. The third kappa shape index (κ3) is 4.22. The number of ketones is 2. The molecule has 4 nitrogen and oxygen atoms in total. The maximum absolute atomic E-state index is 12.7. The molecule has 25 heavy (non-hydrogen) atoms. The fourth-order valence-electron chi connectivity index (χ4n) is 3.69. The van der Waals surface area contributed by atoms with Crippen LogP contribution < -0.4 is 0 Å². The molecule has 2 aliphatic rings. The molecule has 0 aromatic heterocycles. The minimum Gasteiger partial charge on any atom is -0.379 e. The molecule has 1 saturated heterocycles. The quantitative estimate of drug-likeness (QED) is 0.699. The number of likely N-dealkylation sites (N-methyl/N-ethyl adjacent to an activating group) is 1. The Morgan fingerprint density at radius 2 is 2.12 bits per heavy atom. The first-order valence-electron chi connectivity index (χ1n) is 8.80. The van der Waals surface area contributed by atoms with Crippen LogP contribution in [0.4, 0.5) is 0 Å². The third-order valence-electron chi connectivity index (χ3n) is 5.18. The maximum Gasteiger partial charge on any atom is 0.173 e. The molecule has 5 heteroatoms. The largest absolute Gasteiger partial charge is 0.379 e. The SMILES string of the molecule is COC(CC1=CSC(CC(=O)c2ccccc2)C1=O)C1CCCN1C. The lowest BCUT2D eigenvalue weighted by Crippen LogP contribution is -2.38. The van der Waals surface area contributed by atoms with Crippen LogP contribution in [0.5, 0.6) is 0 Å². The van der Waals surface area contributed by atoms with Crippen molar-refractivity contribution in [3.8, 4) is 0 Å². The molecular weight excluding hydrogens is 334 g/mol. The first-order chi connectivity index (χ1) is 12.1. The topological polar surface area (TPSA) is 46.6 Å². The molecule has 3 atom stereocenters. The van der Waals surface area contributed by atoms with E-state index in [9.17, 15) is 9.59 Å². The summed E-state index contributed by atoms with van der Waals surface area (Å²) in [6, 6.07) is 9.56. The molecule has 1 aromatic carbocycles. The molecule has 2 aliphatic heterocycles.